The Bertz CT molecular complexity index is 402. The van der Waals surface area contributed by atoms with Gasteiger partial charge in [0.2, 0.25) is 0 Å². The van der Waals surface area contributed by atoms with E-state index in [4.69, 9.17) is 9.79 Å². The topological polar surface area (TPSA) is 126 Å². The smallest absolute Gasteiger partial charge is 0.324 e. The summed E-state index contributed by atoms with van der Waals surface area (Å²) in [6.07, 6.45) is 1.14. The van der Waals surface area contributed by atoms with E-state index in [2.05, 4.69) is 9.97 Å². The van der Waals surface area contributed by atoms with E-state index < -0.39 is 24.4 Å². The molecule has 9 heteroatoms. The Hall–Kier alpha value is -1.37. The van der Waals surface area contributed by atoms with Crippen molar-refractivity contribution in [2.75, 3.05) is 0 Å². The number of rotatable bonds is 3. The van der Waals surface area contributed by atoms with Crippen LogP contribution in [0.2, 0.25) is 0 Å². The number of nitro groups is 1. The van der Waals surface area contributed by atoms with Crippen molar-refractivity contribution in [1.82, 2.24) is 9.97 Å². The van der Waals surface area contributed by atoms with E-state index in [1.165, 1.54) is 0 Å². The van der Waals surface area contributed by atoms with E-state index >= 15 is 0 Å². The summed E-state index contributed by atoms with van der Waals surface area (Å²) in [5.41, 5.74) is -0.755. The molecule has 0 aliphatic carbocycles. The van der Waals surface area contributed by atoms with Crippen molar-refractivity contribution in [2.24, 2.45) is 0 Å². The van der Waals surface area contributed by atoms with Gasteiger partial charge in [0.25, 0.3) is 0 Å². The summed E-state index contributed by atoms with van der Waals surface area (Å²) in [5, 5.41) is 10.4. The van der Waals surface area contributed by atoms with Crippen LogP contribution >= 0.6 is 7.60 Å². The van der Waals surface area contributed by atoms with Gasteiger partial charge < -0.3 is 9.79 Å². The molecule has 0 unspecified atom stereocenters. The molecule has 0 radical (unpaired) electrons. The van der Waals surface area contributed by atoms with Crippen molar-refractivity contribution in [3.05, 3.63) is 28.3 Å². The molecule has 0 saturated carbocycles. The zero-order valence-corrected chi connectivity index (χ0v) is 7.66. The van der Waals surface area contributed by atoms with Crippen LogP contribution in [-0.4, -0.2) is 24.7 Å². The highest BCUT2D eigenvalue weighted by molar-refractivity contribution is 7.50. The van der Waals surface area contributed by atoms with Crippen molar-refractivity contribution < 1.29 is 19.3 Å². The molecule has 14 heavy (non-hydrogen) atoms. The van der Waals surface area contributed by atoms with E-state index in [0.29, 0.717) is 0 Å². The van der Waals surface area contributed by atoms with E-state index in [1.54, 1.807) is 0 Å². The van der Waals surface area contributed by atoms with Crippen molar-refractivity contribution in [2.45, 2.75) is 6.16 Å². The predicted molar refractivity (Wildman–Crippen MR) is 44.4 cm³/mol. The fourth-order valence-corrected chi connectivity index (χ4v) is 1.45. The number of nitrogens with zero attached hydrogens (tertiary/aromatic N) is 3. The SMILES string of the molecule is O=[N+]([O-])c1cncnc1CP(=O)(O)O. The lowest BCUT2D eigenvalue weighted by molar-refractivity contribution is -0.386. The van der Waals surface area contributed by atoms with Gasteiger partial charge in [0.05, 0.1) is 11.1 Å². The lowest BCUT2D eigenvalue weighted by Crippen LogP contribution is -1.99. The highest BCUT2D eigenvalue weighted by Gasteiger charge is 2.23. The third kappa shape index (κ3) is 2.84. The molecule has 0 saturated heterocycles. The average molecular weight is 219 g/mol. The van der Waals surface area contributed by atoms with Crippen molar-refractivity contribution in [3.63, 3.8) is 0 Å². The zero-order chi connectivity index (χ0) is 10.8. The van der Waals surface area contributed by atoms with Gasteiger partial charge in [-0.1, -0.05) is 0 Å². The monoisotopic (exact) mass is 219 g/mol. The molecule has 2 N–H and O–H groups in total. The fraction of sp³-hybridized carbons (Fsp3) is 0.200. The highest BCUT2D eigenvalue weighted by atomic mass is 31.2. The normalized spacial score (nSPS) is 11.3. The second kappa shape index (κ2) is 3.79. The summed E-state index contributed by atoms with van der Waals surface area (Å²) < 4.78 is 10.6. The van der Waals surface area contributed by atoms with Gasteiger partial charge in [0.15, 0.2) is 0 Å². The van der Waals surface area contributed by atoms with E-state index in [1.807, 2.05) is 0 Å². The van der Waals surface area contributed by atoms with Crippen LogP contribution in [0.1, 0.15) is 5.69 Å². The van der Waals surface area contributed by atoms with Gasteiger partial charge in [-0.05, 0) is 0 Å². The van der Waals surface area contributed by atoms with E-state index in [-0.39, 0.29) is 5.69 Å². The minimum absolute atomic E-state index is 0.265. The minimum Gasteiger partial charge on any atom is -0.324 e. The molecule has 0 bridgehead atoms. The molecular formula is C5H6N3O5P. The summed E-state index contributed by atoms with van der Waals surface area (Å²) in [5.74, 6) is 0. The quantitative estimate of drug-likeness (QED) is 0.418. The standard InChI is InChI=1S/C5H6N3O5P/c9-8(10)5-1-6-3-7-4(5)2-14(11,12)13/h1,3H,2H2,(H2,11,12,13). The third-order valence-corrected chi connectivity index (χ3v) is 2.04. The van der Waals surface area contributed by atoms with Gasteiger partial charge in [-0.3, -0.25) is 14.7 Å². The summed E-state index contributed by atoms with van der Waals surface area (Å²) in [4.78, 5) is 33.6. The molecule has 0 spiro atoms. The lowest BCUT2D eigenvalue weighted by atomic mass is 10.4. The first-order chi connectivity index (χ1) is 6.40. The number of hydrogen-bond acceptors (Lipinski definition) is 5. The summed E-state index contributed by atoms with van der Waals surface area (Å²) in [6.45, 7) is 0. The number of hydrogen-bond donors (Lipinski definition) is 2. The van der Waals surface area contributed by atoms with Crippen LogP contribution in [0.15, 0.2) is 12.5 Å². The van der Waals surface area contributed by atoms with Gasteiger partial charge in [-0.15, -0.1) is 0 Å². The van der Waals surface area contributed by atoms with Crippen LogP contribution in [0, 0.1) is 10.1 Å². The summed E-state index contributed by atoms with van der Waals surface area (Å²) in [6, 6.07) is 0. The Balaban J connectivity index is 3.08. The molecule has 8 nitrogen and oxygen atoms in total. The molecule has 1 rings (SSSR count). The maximum Gasteiger partial charge on any atom is 0.331 e. The zero-order valence-electron chi connectivity index (χ0n) is 6.77. The molecule has 1 aromatic rings. The molecule has 1 aromatic heterocycles. The predicted octanol–water partition coefficient (Wildman–Crippen LogP) is 0.0625. The highest BCUT2D eigenvalue weighted by Crippen LogP contribution is 2.40. The largest absolute Gasteiger partial charge is 0.331 e. The van der Waals surface area contributed by atoms with Gasteiger partial charge >= 0.3 is 13.3 Å². The first-order valence-electron chi connectivity index (χ1n) is 3.38. The number of aromatic nitrogens is 2. The molecule has 76 valence electrons. The van der Waals surface area contributed by atoms with Gasteiger partial charge in [-0.2, -0.15) is 0 Å². The Labute approximate surface area is 77.9 Å². The maximum atomic E-state index is 10.6. The molecule has 0 atom stereocenters. The Kier molecular flexibility index (Phi) is 2.90. The van der Waals surface area contributed by atoms with Gasteiger partial charge in [0, 0.05) is 0 Å². The minimum atomic E-state index is -4.35. The second-order valence-corrected chi connectivity index (χ2v) is 4.08. The maximum absolute atomic E-state index is 10.6. The second-order valence-electron chi connectivity index (χ2n) is 2.43. The van der Waals surface area contributed by atoms with Crippen LogP contribution < -0.4 is 0 Å². The fourth-order valence-electron chi connectivity index (χ4n) is 0.817. The third-order valence-electron chi connectivity index (χ3n) is 1.33. The van der Waals surface area contributed by atoms with E-state index in [0.717, 1.165) is 12.5 Å². The Morgan fingerprint density at radius 2 is 2.21 bits per heavy atom. The van der Waals surface area contributed by atoms with Crippen LogP contribution in [0.5, 0.6) is 0 Å². The molecule has 0 aromatic carbocycles. The first kappa shape index (κ1) is 10.7. The molecule has 0 aliphatic rings. The molecule has 0 aliphatic heterocycles. The first-order valence-corrected chi connectivity index (χ1v) is 5.18. The molecule has 1 heterocycles. The molecule has 0 amide bonds. The van der Waals surface area contributed by atoms with Crippen LogP contribution in [0.25, 0.3) is 0 Å². The van der Waals surface area contributed by atoms with Crippen molar-refractivity contribution in [1.29, 1.82) is 0 Å². The van der Waals surface area contributed by atoms with Crippen LogP contribution in [-0.2, 0) is 10.7 Å². The molecule has 0 fully saturated rings. The Morgan fingerprint density at radius 3 is 2.71 bits per heavy atom. The van der Waals surface area contributed by atoms with Gasteiger partial charge in [-0.25, -0.2) is 9.97 Å². The van der Waals surface area contributed by atoms with Crippen molar-refractivity contribution >= 4 is 13.3 Å². The lowest BCUT2D eigenvalue weighted by Gasteiger charge is -2.02. The van der Waals surface area contributed by atoms with Crippen LogP contribution in [0.3, 0.4) is 0 Å². The summed E-state index contributed by atoms with van der Waals surface area (Å²) in [7, 11) is -4.35. The van der Waals surface area contributed by atoms with Gasteiger partial charge in [0.1, 0.15) is 18.2 Å². The summed E-state index contributed by atoms with van der Waals surface area (Å²) >= 11 is 0. The van der Waals surface area contributed by atoms with Crippen LogP contribution in [0.4, 0.5) is 5.69 Å². The van der Waals surface area contributed by atoms with E-state index in [9.17, 15) is 14.7 Å². The Morgan fingerprint density at radius 1 is 1.57 bits per heavy atom. The molecular weight excluding hydrogens is 213 g/mol. The van der Waals surface area contributed by atoms with Crippen molar-refractivity contribution in [3.8, 4) is 0 Å². The average Bonchev–Trinajstić information content (AvgIpc) is 2.01.